The van der Waals surface area contributed by atoms with Gasteiger partial charge in [-0.2, -0.15) is 0 Å². The van der Waals surface area contributed by atoms with Crippen molar-refractivity contribution in [3.05, 3.63) is 11.8 Å². The first-order valence-corrected chi connectivity index (χ1v) is 7.02. The van der Waals surface area contributed by atoms with Crippen LogP contribution in [0.5, 0.6) is 0 Å². The molecule has 0 aromatic carbocycles. The van der Waals surface area contributed by atoms with Crippen molar-refractivity contribution in [2.75, 3.05) is 19.6 Å². The molecule has 0 saturated carbocycles. The number of nitrogens with zero attached hydrogens (tertiary/aromatic N) is 3. The minimum atomic E-state index is 0.620. The molecular weight excluding hydrogens is 228 g/mol. The Morgan fingerprint density at radius 1 is 1.39 bits per heavy atom. The van der Waals surface area contributed by atoms with Crippen LogP contribution in [0, 0.1) is 6.92 Å². The topological polar surface area (TPSA) is 54.2 Å². The van der Waals surface area contributed by atoms with E-state index in [1.807, 2.05) is 6.92 Å². The molecule has 0 radical (unpaired) electrons. The van der Waals surface area contributed by atoms with E-state index in [1.54, 1.807) is 0 Å². The lowest BCUT2D eigenvalue weighted by Gasteiger charge is -2.29. The first-order chi connectivity index (χ1) is 8.78. The molecule has 1 unspecified atom stereocenters. The molecule has 1 aliphatic heterocycles. The highest BCUT2D eigenvalue weighted by molar-refractivity contribution is 4.82. The van der Waals surface area contributed by atoms with Crippen molar-refractivity contribution in [3.8, 4) is 0 Å². The second kappa shape index (κ2) is 6.85. The summed E-state index contributed by atoms with van der Waals surface area (Å²) in [5.41, 5.74) is 0. The fourth-order valence-electron chi connectivity index (χ4n) is 2.54. The third-order valence-corrected chi connectivity index (χ3v) is 3.36. The van der Waals surface area contributed by atoms with Crippen LogP contribution in [-0.4, -0.2) is 40.8 Å². The van der Waals surface area contributed by atoms with Crippen LogP contribution in [0.2, 0.25) is 0 Å². The maximum absolute atomic E-state index is 5.47. The maximum atomic E-state index is 5.47. The highest BCUT2D eigenvalue weighted by Crippen LogP contribution is 2.11. The molecule has 0 aliphatic carbocycles. The summed E-state index contributed by atoms with van der Waals surface area (Å²) in [5.74, 6) is 1.38. The van der Waals surface area contributed by atoms with Gasteiger partial charge in [-0.05, 0) is 32.4 Å². The maximum Gasteiger partial charge on any atom is 0.230 e. The molecule has 1 N–H and O–H groups in total. The Kier molecular flexibility index (Phi) is 5.13. The Hall–Kier alpha value is -0.940. The summed E-state index contributed by atoms with van der Waals surface area (Å²) in [6.45, 7) is 8.13. The van der Waals surface area contributed by atoms with E-state index in [0.717, 1.165) is 38.5 Å². The highest BCUT2D eigenvalue weighted by Gasteiger charge is 2.17. The molecule has 1 aromatic heterocycles. The summed E-state index contributed by atoms with van der Waals surface area (Å²) in [4.78, 5) is 2.41. The Labute approximate surface area is 109 Å². The summed E-state index contributed by atoms with van der Waals surface area (Å²) < 4.78 is 5.47. The zero-order valence-electron chi connectivity index (χ0n) is 11.5. The highest BCUT2D eigenvalue weighted by atomic mass is 16.4. The summed E-state index contributed by atoms with van der Waals surface area (Å²) in [7, 11) is 0. The van der Waals surface area contributed by atoms with Crippen LogP contribution < -0.4 is 5.32 Å². The zero-order chi connectivity index (χ0) is 12.8. The van der Waals surface area contributed by atoms with Gasteiger partial charge in [0.15, 0.2) is 0 Å². The van der Waals surface area contributed by atoms with E-state index in [9.17, 15) is 0 Å². The number of piperidine rings is 1. The molecule has 2 heterocycles. The van der Waals surface area contributed by atoms with E-state index >= 15 is 0 Å². The first-order valence-electron chi connectivity index (χ1n) is 7.02. The largest absolute Gasteiger partial charge is 0.424 e. The van der Waals surface area contributed by atoms with Gasteiger partial charge in [-0.15, -0.1) is 10.2 Å². The van der Waals surface area contributed by atoms with Crippen molar-refractivity contribution in [1.29, 1.82) is 0 Å². The van der Waals surface area contributed by atoms with E-state index < -0.39 is 0 Å². The van der Waals surface area contributed by atoms with Crippen molar-refractivity contribution in [2.45, 2.75) is 52.1 Å². The van der Waals surface area contributed by atoms with Gasteiger partial charge in [0, 0.05) is 19.5 Å². The van der Waals surface area contributed by atoms with Gasteiger partial charge in [0.25, 0.3) is 0 Å². The molecule has 0 bridgehead atoms. The third kappa shape index (κ3) is 4.07. The third-order valence-electron chi connectivity index (χ3n) is 3.36. The van der Waals surface area contributed by atoms with E-state index in [2.05, 4.69) is 27.3 Å². The fourth-order valence-corrected chi connectivity index (χ4v) is 2.54. The number of hydrogen-bond donors (Lipinski definition) is 1. The van der Waals surface area contributed by atoms with Crippen LogP contribution in [0.3, 0.4) is 0 Å². The Morgan fingerprint density at radius 2 is 2.28 bits per heavy atom. The van der Waals surface area contributed by atoms with Crippen LogP contribution in [-0.2, 0) is 6.54 Å². The van der Waals surface area contributed by atoms with Crippen LogP contribution in [0.4, 0.5) is 0 Å². The predicted molar refractivity (Wildman–Crippen MR) is 70.2 cm³/mol. The normalized spacial score (nSPS) is 20.5. The number of hydrogen-bond acceptors (Lipinski definition) is 5. The monoisotopic (exact) mass is 252 g/mol. The average molecular weight is 252 g/mol. The summed E-state index contributed by atoms with van der Waals surface area (Å²) in [5, 5.41) is 11.6. The minimum absolute atomic E-state index is 0.620. The predicted octanol–water partition coefficient (Wildman–Crippen LogP) is 1.73. The lowest BCUT2D eigenvalue weighted by Crippen LogP contribution is -2.43. The molecule has 5 heteroatoms. The minimum Gasteiger partial charge on any atom is -0.424 e. The van der Waals surface area contributed by atoms with E-state index in [-0.39, 0.29) is 0 Å². The van der Waals surface area contributed by atoms with Crippen molar-refractivity contribution >= 4 is 0 Å². The van der Waals surface area contributed by atoms with E-state index in [4.69, 9.17) is 4.42 Å². The number of aryl methyl sites for hydroxylation is 1. The quantitative estimate of drug-likeness (QED) is 0.835. The zero-order valence-corrected chi connectivity index (χ0v) is 11.5. The molecule has 18 heavy (non-hydrogen) atoms. The van der Waals surface area contributed by atoms with Gasteiger partial charge >= 0.3 is 0 Å². The lowest BCUT2D eigenvalue weighted by molar-refractivity contribution is 0.199. The first kappa shape index (κ1) is 13.5. The summed E-state index contributed by atoms with van der Waals surface area (Å²) in [6, 6.07) is 0.620. The SMILES string of the molecule is CCCN(Cc1nnc(C)o1)CC1CCCCN1. The number of nitrogens with one attached hydrogen (secondary N) is 1. The summed E-state index contributed by atoms with van der Waals surface area (Å²) in [6.07, 6.45) is 5.09. The average Bonchev–Trinajstić information content (AvgIpc) is 2.76. The number of aromatic nitrogens is 2. The Balaban J connectivity index is 1.86. The van der Waals surface area contributed by atoms with Gasteiger partial charge in [0.05, 0.1) is 6.54 Å². The second-order valence-electron chi connectivity index (χ2n) is 5.10. The molecule has 1 saturated heterocycles. The molecule has 0 spiro atoms. The Bertz CT molecular complexity index is 347. The lowest BCUT2D eigenvalue weighted by atomic mass is 10.0. The van der Waals surface area contributed by atoms with Gasteiger partial charge in [0.1, 0.15) is 0 Å². The molecule has 1 aliphatic rings. The van der Waals surface area contributed by atoms with Crippen molar-refractivity contribution < 1.29 is 4.42 Å². The van der Waals surface area contributed by atoms with Gasteiger partial charge in [-0.3, -0.25) is 4.90 Å². The Morgan fingerprint density at radius 3 is 2.89 bits per heavy atom. The van der Waals surface area contributed by atoms with Crippen LogP contribution in [0.15, 0.2) is 4.42 Å². The van der Waals surface area contributed by atoms with Crippen molar-refractivity contribution in [1.82, 2.24) is 20.4 Å². The van der Waals surface area contributed by atoms with E-state index in [0.29, 0.717) is 11.9 Å². The van der Waals surface area contributed by atoms with Gasteiger partial charge < -0.3 is 9.73 Å². The second-order valence-corrected chi connectivity index (χ2v) is 5.10. The van der Waals surface area contributed by atoms with Gasteiger partial charge in [-0.1, -0.05) is 13.3 Å². The van der Waals surface area contributed by atoms with E-state index in [1.165, 1.54) is 19.3 Å². The van der Waals surface area contributed by atoms with Gasteiger partial charge in [0.2, 0.25) is 11.8 Å². The molecule has 2 rings (SSSR count). The molecular formula is C13H24N4O. The molecule has 1 fully saturated rings. The molecule has 1 aromatic rings. The smallest absolute Gasteiger partial charge is 0.230 e. The van der Waals surface area contributed by atoms with Crippen molar-refractivity contribution in [3.63, 3.8) is 0 Å². The molecule has 1 atom stereocenters. The van der Waals surface area contributed by atoms with Crippen molar-refractivity contribution in [2.24, 2.45) is 0 Å². The molecule has 0 amide bonds. The fraction of sp³-hybridized carbons (Fsp3) is 0.846. The molecule has 102 valence electrons. The van der Waals surface area contributed by atoms with Crippen LogP contribution >= 0.6 is 0 Å². The van der Waals surface area contributed by atoms with Crippen LogP contribution in [0.1, 0.15) is 44.4 Å². The molecule has 5 nitrogen and oxygen atoms in total. The summed E-state index contributed by atoms with van der Waals surface area (Å²) >= 11 is 0. The van der Waals surface area contributed by atoms with Crippen LogP contribution in [0.25, 0.3) is 0 Å². The van der Waals surface area contributed by atoms with Gasteiger partial charge in [-0.25, -0.2) is 0 Å². The standard InChI is InChI=1S/C13H24N4O/c1-3-8-17(9-12-6-4-5-7-14-12)10-13-16-15-11(2)18-13/h12,14H,3-10H2,1-2H3. The number of rotatable bonds is 6.